The van der Waals surface area contributed by atoms with E-state index in [2.05, 4.69) is 6.58 Å². The Morgan fingerprint density at radius 1 is 1.12 bits per heavy atom. The molecule has 0 N–H and O–H groups in total. The highest BCUT2D eigenvalue weighted by molar-refractivity contribution is 5.94. The molecular formula is C20H23FN2O. The Labute approximate surface area is 143 Å². The third-order valence-corrected chi connectivity index (χ3v) is 3.78. The van der Waals surface area contributed by atoms with E-state index in [0.29, 0.717) is 25.2 Å². The van der Waals surface area contributed by atoms with Crippen LogP contribution in [-0.2, 0) is 11.3 Å². The third kappa shape index (κ3) is 4.77. The maximum atomic E-state index is 13.9. The highest BCUT2D eigenvalue weighted by Crippen LogP contribution is 2.15. The minimum atomic E-state index is -0.255. The van der Waals surface area contributed by atoms with E-state index >= 15 is 0 Å². The number of anilines is 1. The maximum Gasteiger partial charge on any atom is 0.241 e. The Kier molecular flexibility index (Phi) is 6.70. The summed E-state index contributed by atoms with van der Waals surface area (Å²) in [6, 6.07) is 16.2. The predicted molar refractivity (Wildman–Crippen MR) is 96.3 cm³/mol. The summed E-state index contributed by atoms with van der Waals surface area (Å²) in [5.41, 5.74) is 1.45. The minimum Gasteiger partial charge on any atom is -0.312 e. The minimum absolute atomic E-state index is 0.0121. The highest BCUT2D eigenvalue weighted by atomic mass is 19.1. The lowest BCUT2D eigenvalue weighted by Gasteiger charge is -2.26. The van der Waals surface area contributed by atoms with Crippen LogP contribution in [0.15, 0.2) is 67.3 Å². The van der Waals surface area contributed by atoms with Gasteiger partial charge in [-0.05, 0) is 25.1 Å². The first-order valence-corrected chi connectivity index (χ1v) is 8.07. The van der Waals surface area contributed by atoms with Crippen molar-refractivity contribution >= 4 is 11.6 Å². The molecule has 24 heavy (non-hydrogen) atoms. The van der Waals surface area contributed by atoms with Gasteiger partial charge in [0.15, 0.2) is 0 Å². The predicted octanol–water partition coefficient (Wildman–Crippen LogP) is 3.87. The van der Waals surface area contributed by atoms with Crippen molar-refractivity contribution in [2.75, 3.05) is 24.5 Å². The van der Waals surface area contributed by atoms with Crippen molar-refractivity contribution in [3.63, 3.8) is 0 Å². The Bertz CT molecular complexity index is 672. The number of rotatable bonds is 8. The van der Waals surface area contributed by atoms with Gasteiger partial charge in [0, 0.05) is 30.9 Å². The molecule has 2 aromatic rings. The molecule has 0 heterocycles. The molecule has 0 saturated carbocycles. The van der Waals surface area contributed by atoms with Crippen LogP contribution >= 0.6 is 0 Å². The number of amides is 1. The zero-order chi connectivity index (χ0) is 17.4. The van der Waals surface area contributed by atoms with E-state index in [4.69, 9.17) is 0 Å². The van der Waals surface area contributed by atoms with Gasteiger partial charge < -0.3 is 4.90 Å². The second-order valence-corrected chi connectivity index (χ2v) is 5.52. The summed E-state index contributed by atoms with van der Waals surface area (Å²) in [7, 11) is 0. The van der Waals surface area contributed by atoms with Crippen molar-refractivity contribution in [3.05, 3.63) is 78.6 Å². The Morgan fingerprint density at radius 3 is 2.42 bits per heavy atom. The molecular weight excluding hydrogens is 303 g/mol. The van der Waals surface area contributed by atoms with Crippen LogP contribution in [0.4, 0.5) is 10.1 Å². The van der Waals surface area contributed by atoms with Crippen molar-refractivity contribution < 1.29 is 9.18 Å². The van der Waals surface area contributed by atoms with Crippen LogP contribution in [0.5, 0.6) is 0 Å². The Balaban J connectivity index is 2.10. The molecule has 0 bridgehead atoms. The van der Waals surface area contributed by atoms with Crippen LogP contribution in [0.1, 0.15) is 12.5 Å². The monoisotopic (exact) mass is 326 g/mol. The van der Waals surface area contributed by atoms with Gasteiger partial charge in [0.1, 0.15) is 5.82 Å². The molecule has 3 nitrogen and oxygen atoms in total. The van der Waals surface area contributed by atoms with Gasteiger partial charge in [-0.3, -0.25) is 9.69 Å². The maximum absolute atomic E-state index is 13.9. The normalized spacial score (nSPS) is 10.6. The van der Waals surface area contributed by atoms with Gasteiger partial charge in [0.05, 0.1) is 6.54 Å². The van der Waals surface area contributed by atoms with Crippen molar-refractivity contribution in [2.24, 2.45) is 0 Å². The fourth-order valence-corrected chi connectivity index (χ4v) is 2.62. The first-order valence-electron chi connectivity index (χ1n) is 8.07. The SMILES string of the molecule is C=CCN(CC(=O)N(CC)c1ccccc1)Cc1ccccc1F. The molecule has 0 aromatic heterocycles. The van der Waals surface area contributed by atoms with Crippen molar-refractivity contribution in [2.45, 2.75) is 13.5 Å². The van der Waals surface area contributed by atoms with Crippen LogP contribution in [-0.4, -0.2) is 30.4 Å². The van der Waals surface area contributed by atoms with Gasteiger partial charge in [-0.1, -0.05) is 42.5 Å². The number of hydrogen-bond acceptors (Lipinski definition) is 2. The lowest BCUT2D eigenvalue weighted by Crippen LogP contribution is -2.40. The highest BCUT2D eigenvalue weighted by Gasteiger charge is 2.18. The summed E-state index contributed by atoms with van der Waals surface area (Å²) in [6.07, 6.45) is 1.73. The van der Waals surface area contributed by atoms with E-state index in [-0.39, 0.29) is 18.3 Å². The number of nitrogens with zero attached hydrogens (tertiary/aromatic N) is 2. The molecule has 0 unspecified atom stereocenters. The number of carbonyl (C=O) groups excluding carboxylic acids is 1. The molecule has 0 aliphatic carbocycles. The summed E-state index contributed by atoms with van der Waals surface area (Å²) < 4.78 is 13.9. The van der Waals surface area contributed by atoms with Crippen LogP contribution in [0.25, 0.3) is 0 Å². The van der Waals surface area contributed by atoms with Crippen molar-refractivity contribution in [3.8, 4) is 0 Å². The third-order valence-electron chi connectivity index (χ3n) is 3.78. The smallest absolute Gasteiger partial charge is 0.241 e. The molecule has 126 valence electrons. The molecule has 2 rings (SSSR count). The lowest BCUT2D eigenvalue weighted by atomic mass is 10.2. The number of carbonyl (C=O) groups is 1. The van der Waals surface area contributed by atoms with Gasteiger partial charge >= 0.3 is 0 Å². The van der Waals surface area contributed by atoms with E-state index in [1.54, 1.807) is 29.2 Å². The summed E-state index contributed by atoms with van der Waals surface area (Å²) in [6.45, 7) is 7.37. The molecule has 0 fully saturated rings. The summed E-state index contributed by atoms with van der Waals surface area (Å²) in [5.74, 6) is -0.267. The average Bonchev–Trinajstić information content (AvgIpc) is 2.59. The lowest BCUT2D eigenvalue weighted by molar-refractivity contribution is -0.119. The van der Waals surface area contributed by atoms with E-state index in [1.165, 1.54) is 6.07 Å². The average molecular weight is 326 g/mol. The van der Waals surface area contributed by atoms with E-state index in [0.717, 1.165) is 5.69 Å². The molecule has 1 amide bonds. The number of likely N-dealkylation sites (N-methyl/N-ethyl adjacent to an activating group) is 1. The van der Waals surface area contributed by atoms with E-state index < -0.39 is 0 Å². The number of halogens is 1. The standard InChI is InChI=1S/C20H23FN2O/c1-3-14-22(15-17-10-8-9-13-19(17)21)16-20(24)23(4-2)18-11-6-5-7-12-18/h3,5-13H,1,4,14-16H2,2H3. The topological polar surface area (TPSA) is 23.6 Å². The van der Waals surface area contributed by atoms with Crippen LogP contribution < -0.4 is 4.90 Å². The molecule has 0 aliphatic rings. The van der Waals surface area contributed by atoms with Gasteiger partial charge in [-0.25, -0.2) is 4.39 Å². The number of hydrogen-bond donors (Lipinski definition) is 0. The molecule has 0 spiro atoms. The first-order chi connectivity index (χ1) is 11.7. The van der Waals surface area contributed by atoms with Crippen LogP contribution in [0.3, 0.4) is 0 Å². The van der Waals surface area contributed by atoms with E-state index in [1.807, 2.05) is 42.2 Å². The van der Waals surface area contributed by atoms with Crippen molar-refractivity contribution in [1.29, 1.82) is 0 Å². The van der Waals surface area contributed by atoms with Gasteiger partial charge in [-0.2, -0.15) is 0 Å². The molecule has 2 aromatic carbocycles. The van der Waals surface area contributed by atoms with Crippen molar-refractivity contribution in [1.82, 2.24) is 4.90 Å². The fraction of sp³-hybridized carbons (Fsp3) is 0.250. The molecule has 0 aliphatic heterocycles. The van der Waals surface area contributed by atoms with Crippen LogP contribution in [0.2, 0.25) is 0 Å². The summed E-state index contributed by atoms with van der Waals surface area (Å²) >= 11 is 0. The fourth-order valence-electron chi connectivity index (χ4n) is 2.62. The number of benzene rings is 2. The zero-order valence-electron chi connectivity index (χ0n) is 14.0. The zero-order valence-corrected chi connectivity index (χ0v) is 14.0. The molecule has 0 atom stereocenters. The summed E-state index contributed by atoms with van der Waals surface area (Å²) in [4.78, 5) is 16.3. The van der Waals surface area contributed by atoms with Gasteiger partial charge in [-0.15, -0.1) is 6.58 Å². The molecule has 0 radical (unpaired) electrons. The summed E-state index contributed by atoms with van der Waals surface area (Å²) in [5, 5.41) is 0. The molecule has 4 heteroatoms. The molecule has 0 saturated heterocycles. The number of para-hydroxylation sites is 1. The Morgan fingerprint density at radius 2 is 1.79 bits per heavy atom. The second kappa shape index (κ2) is 8.99. The van der Waals surface area contributed by atoms with Gasteiger partial charge in [0.2, 0.25) is 5.91 Å². The first kappa shape index (κ1) is 17.9. The van der Waals surface area contributed by atoms with Gasteiger partial charge in [0.25, 0.3) is 0 Å². The second-order valence-electron chi connectivity index (χ2n) is 5.52. The van der Waals surface area contributed by atoms with E-state index in [9.17, 15) is 9.18 Å². The van der Waals surface area contributed by atoms with Crippen LogP contribution in [0, 0.1) is 5.82 Å². The quantitative estimate of drug-likeness (QED) is 0.688. The largest absolute Gasteiger partial charge is 0.312 e. The Hall–Kier alpha value is -2.46.